The van der Waals surface area contributed by atoms with Crippen LogP contribution in [0.25, 0.3) is 0 Å². The Bertz CT molecular complexity index is 511. The van der Waals surface area contributed by atoms with E-state index in [1.54, 1.807) is 11.9 Å². The molecular weight excluding hydrogens is 240 g/mol. The molecule has 0 spiro atoms. The lowest BCUT2D eigenvalue weighted by Gasteiger charge is -2.32. The largest absolute Gasteiger partial charge is 0.478 e. The number of likely N-dealkylation sites (N-methyl/N-ethyl adjacent to an activating group) is 1. The van der Waals surface area contributed by atoms with Gasteiger partial charge in [-0.15, -0.1) is 0 Å². The van der Waals surface area contributed by atoms with Crippen molar-refractivity contribution in [1.29, 1.82) is 0 Å². The number of hydrogen-bond acceptors (Lipinski definition) is 3. The topological polar surface area (TPSA) is 55.6 Å². The summed E-state index contributed by atoms with van der Waals surface area (Å²) in [7, 11) is 1.80. The Labute approximate surface area is 113 Å². The standard InChI is InChI=1S/C15H20N2O2/c1-3-12-15(18)17(2)11-8-10(6-7-13(11)19-12)14(16)9-4-5-9/h6-9,12,14H,3-5,16H2,1-2H3. The molecule has 0 saturated heterocycles. The Morgan fingerprint density at radius 2 is 2.21 bits per heavy atom. The molecule has 0 bridgehead atoms. The molecule has 1 amide bonds. The first-order valence-electron chi connectivity index (χ1n) is 6.95. The third kappa shape index (κ3) is 2.10. The summed E-state index contributed by atoms with van der Waals surface area (Å²) in [5.41, 5.74) is 8.16. The lowest BCUT2D eigenvalue weighted by atomic mass is 10.0. The van der Waals surface area contributed by atoms with Crippen LogP contribution in [-0.2, 0) is 4.79 Å². The molecule has 0 radical (unpaired) electrons. The predicted octanol–water partition coefficient (Wildman–Crippen LogP) is 2.23. The van der Waals surface area contributed by atoms with E-state index in [-0.39, 0.29) is 18.1 Å². The minimum absolute atomic E-state index is 0.0205. The normalized spacial score (nSPS) is 23.8. The maximum absolute atomic E-state index is 12.1. The predicted molar refractivity (Wildman–Crippen MR) is 74.2 cm³/mol. The molecule has 1 fully saturated rings. The monoisotopic (exact) mass is 260 g/mol. The van der Waals surface area contributed by atoms with Crippen LogP contribution in [0.2, 0.25) is 0 Å². The summed E-state index contributed by atoms with van der Waals surface area (Å²) < 4.78 is 5.74. The number of amides is 1. The van der Waals surface area contributed by atoms with Crippen molar-refractivity contribution in [3.63, 3.8) is 0 Å². The van der Waals surface area contributed by atoms with E-state index in [0.717, 1.165) is 17.0 Å². The zero-order chi connectivity index (χ0) is 13.6. The first-order valence-corrected chi connectivity index (χ1v) is 6.95. The quantitative estimate of drug-likeness (QED) is 0.906. The maximum atomic E-state index is 12.1. The van der Waals surface area contributed by atoms with Crippen molar-refractivity contribution in [2.45, 2.75) is 38.3 Å². The van der Waals surface area contributed by atoms with Gasteiger partial charge in [-0.25, -0.2) is 0 Å². The molecule has 4 nitrogen and oxygen atoms in total. The van der Waals surface area contributed by atoms with E-state index in [0.29, 0.717) is 12.3 Å². The van der Waals surface area contributed by atoms with E-state index in [4.69, 9.17) is 10.5 Å². The lowest BCUT2D eigenvalue weighted by molar-refractivity contribution is -0.126. The molecule has 2 N–H and O–H groups in total. The van der Waals surface area contributed by atoms with Gasteiger partial charge in [0, 0.05) is 13.1 Å². The fourth-order valence-corrected chi connectivity index (χ4v) is 2.63. The van der Waals surface area contributed by atoms with Gasteiger partial charge in [-0.05, 0) is 42.9 Å². The fourth-order valence-electron chi connectivity index (χ4n) is 2.63. The molecule has 3 rings (SSSR count). The number of rotatable bonds is 3. The highest BCUT2D eigenvalue weighted by atomic mass is 16.5. The first-order chi connectivity index (χ1) is 9.11. The average molecular weight is 260 g/mol. The summed E-state index contributed by atoms with van der Waals surface area (Å²) in [6.45, 7) is 1.96. The van der Waals surface area contributed by atoms with Crippen molar-refractivity contribution in [2.24, 2.45) is 11.7 Å². The molecule has 19 heavy (non-hydrogen) atoms. The number of fused-ring (bicyclic) bond motifs is 1. The Morgan fingerprint density at radius 3 is 2.84 bits per heavy atom. The third-order valence-corrected chi connectivity index (χ3v) is 4.11. The van der Waals surface area contributed by atoms with Crippen molar-refractivity contribution in [2.75, 3.05) is 11.9 Å². The maximum Gasteiger partial charge on any atom is 0.267 e. The van der Waals surface area contributed by atoms with E-state index in [1.165, 1.54) is 12.8 Å². The van der Waals surface area contributed by atoms with Gasteiger partial charge in [-0.2, -0.15) is 0 Å². The van der Waals surface area contributed by atoms with Crippen LogP contribution < -0.4 is 15.4 Å². The van der Waals surface area contributed by atoms with Gasteiger partial charge in [0.25, 0.3) is 5.91 Å². The van der Waals surface area contributed by atoms with Gasteiger partial charge in [0.1, 0.15) is 5.75 Å². The van der Waals surface area contributed by atoms with Gasteiger partial charge in [0.2, 0.25) is 0 Å². The molecule has 2 atom stereocenters. The van der Waals surface area contributed by atoms with Gasteiger partial charge < -0.3 is 15.4 Å². The number of anilines is 1. The van der Waals surface area contributed by atoms with Crippen LogP contribution in [0.4, 0.5) is 5.69 Å². The summed E-state index contributed by atoms with van der Waals surface area (Å²) in [4.78, 5) is 13.8. The second-order valence-corrected chi connectivity index (χ2v) is 5.50. The van der Waals surface area contributed by atoms with Crippen molar-refractivity contribution in [3.05, 3.63) is 23.8 Å². The molecule has 1 aliphatic heterocycles. The highest BCUT2D eigenvalue weighted by Gasteiger charge is 2.33. The highest BCUT2D eigenvalue weighted by molar-refractivity contribution is 5.99. The summed E-state index contributed by atoms with van der Waals surface area (Å²) in [5.74, 6) is 1.40. The van der Waals surface area contributed by atoms with E-state index in [1.807, 2.05) is 25.1 Å². The van der Waals surface area contributed by atoms with Crippen LogP contribution in [0.5, 0.6) is 5.75 Å². The van der Waals surface area contributed by atoms with E-state index in [2.05, 4.69) is 0 Å². The van der Waals surface area contributed by atoms with Crippen LogP contribution in [0.15, 0.2) is 18.2 Å². The number of hydrogen-bond donors (Lipinski definition) is 1. The minimum Gasteiger partial charge on any atom is -0.478 e. The molecule has 1 aliphatic carbocycles. The van der Waals surface area contributed by atoms with Crippen LogP contribution in [0.3, 0.4) is 0 Å². The van der Waals surface area contributed by atoms with Gasteiger partial charge >= 0.3 is 0 Å². The summed E-state index contributed by atoms with van der Waals surface area (Å²) in [5, 5.41) is 0. The molecule has 1 saturated carbocycles. The number of benzene rings is 1. The lowest BCUT2D eigenvalue weighted by Crippen LogP contribution is -2.43. The van der Waals surface area contributed by atoms with Crippen molar-refractivity contribution in [1.82, 2.24) is 0 Å². The Balaban J connectivity index is 1.94. The summed E-state index contributed by atoms with van der Waals surface area (Å²) in [6, 6.07) is 6.05. The summed E-state index contributed by atoms with van der Waals surface area (Å²) >= 11 is 0. The average Bonchev–Trinajstić information content (AvgIpc) is 3.26. The van der Waals surface area contributed by atoms with E-state index < -0.39 is 0 Å². The van der Waals surface area contributed by atoms with Crippen LogP contribution >= 0.6 is 0 Å². The smallest absolute Gasteiger partial charge is 0.267 e. The Hall–Kier alpha value is -1.55. The molecule has 0 aromatic heterocycles. The molecular formula is C15H20N2O2. The number of ether oxygens (including phenoxy) is 1. The Kier molecular flexibility index (Phi) is 2.97. The molecule has 4 heteroatoms. The first kappa shape index (κ1) is 12.5. The van der Waals surface area contributed by atoms with E-state index in [9.17, 15) is 4.79 Å². The third-order valence-electron chi connectivity index (χ3n) is 4.11. The zero-order valence-electron chi connectivity index (χ0n) is 11.4. The number of nitrogens with two attached hydrogens (primary N) is 1. The minimum atomic E-state index is -0.361. The fraction of sp³-hybridized carbons (Fsp3) is 0.533. The number of carbonyl (C=O) groups excluding carboxylic acids is 1. The van der Waals surface area contributed by atoms with Crippen molar-refractivity contribution >= 4 is 11.6 Å². The number of nitrogens with zero attached hydrogens (tertiary/aromatic N) is 1. The molecule has 1 heterocycles. The van der Waals surface area contributed by atoms with Crippen molar-refractivity contribution in [3.8, 4) is 5.75 Å². The SMILES string of the molecule is CCC1Oc2ccc(C(N)C3CC3)cc2N(C)C1=O. The van der Waals surface area contributed by atoms with Crippen molar-refractivity contribution < 1.29 is 9.53 Å². The molecule has 1 aromatic rings. The molecule has 1 aromatic carbocycles. The summed E-state index contributed by atoms with van der Waals surface area (Å²) in [6.07, 6.45) is 2.75. The second-order valence-electron chi connectivity index (χ2n) is 5.50. The van der Waals surface area contributed by atoms with E-state index >= 15 is 0 Å². The van der Waals surface area contributed by atoms with Gasteiger partial charge in [-0.1, -0.05) is 13.0 Å². The van der Waals surface area contributed by atoms with Crippen LogP contribution in [0, 0.1) is 5.92 Å². The molecule has 102 valence electrons. The van der Waals surface area contributed by atoms with Crippen LogP contribution in [-0.4, -0.2) is 19.1 Å². The van der Waals surface area contributed by atoms with Gasteiger partial charge in [0.15, 0.2) is 6.10 Å². The number of carbonyl (C=O) groups is 1. The zero-order valence-corrected chi connectivity index (χ0v) is 11.4. The van der Waals surface area contributed by atoms with Crippen LogP contribution in [0.1, 0.15) is 37.8 Å². The molecule has 2 unspecified atom stereocenters. The molecule has 2 aliphatic rings. The highest BCUT2D eigenvalue weighted by Crippen LogP contribution is 2.42. The van der Waals surface area contributed by atoms with Gasteiger partial charge in [0.05, 0.1) is 5.69 Å². The Morgan fingerprint density at radius 1 is 1.47 bits per heavy atom. The second kappa shape index (κ2) is 4.53. The van der Waals surface area contributed by atoms with Gasteiger partial charge in [-0.3, -0.25) is 4.79 Å².